The number of carbonyl (C=O) groups excluding carboxylic acids is 1. The van der Waals surface area contributed by atoms with Crippen LogP contribution < -0.4 is 5.32 Å². The average molecular weight is 310 g/mol. The molecule has 2 fully saturated rings. The van der Waals surface area contributed by atoms with Crippen molar-refractivity contribution in [3.05, 3.63) is 0 Å². The van der Waals surface area contributed by atoms with Gasteiger partial charge in [-0.15, -0.1) is 0 Å². The third-order valence-corrected chi connectivity index (χ3v) is 5.66. The van der Waals surface area contributed by atoms with Gasteiger partial charge in [0.05, 0.1) is 11.5 Å². The van der Waals surface area contributed by atoms with E-state index in [2.05, 4.69) is 5.32 Å². The Kier molecular flexibility index (Phi) is 4.22. The van der Waals surface area contributed by atoms with Crippen LogP contribution in [0.1, 0.15) is 26.2 Å². The Labute approximate surface area is 117 Å². The minimum absolute atomic E-state index is 0.0355. The van der Waals surface area contributed by atoms with Crippen LogP contribution >= 0.6 is 0 Å². The molecule has 0 aromatic rings. The molecule has 1 saturated carbocycles. The summed E-state index contributed by atoms with van der Waals surface area (Å²) in [5, 5.41) is 2.64. The Morgan fingerprint density at radius 1 is 1.35 bits per heavy atom. The van der Waals surface area contributed by atoms with Crippen LogP contribution in [0.2, 0.25) is 0 Å². The number of alkyl halides is 2. The van der Waals surface area contributed by atoms with Gasteiger partial charge in [0.2, 0.25) is 5.92 Å². The van der Waals surface area contributed by atoms with Crippen molar-refractivity contribution in [2.75, 3.05) is 24.6 Å². The standard InChI is InChI=1S/C12H20F2N2O3S/c1-9-2-4-20(18,19)5-3-16(9)11(17)15-8-10-6-12(13,14)7-10/h9-10H,2-8H2,1H3,(H,15,17). The van der Waals surface area contributed by atoms with Crippen molar-refractivity contribution in [2.24, 2.45) is 5.92 Å². The molecule has 1 saturated heterocycles. The fourth-order valence-corrected chi connectivity index (χ4v) is 4.01. The van der Waals surface area contributed by atoms with E-state index in [4.69, 9.17) is 0 Å². The molecular weight excluding hydrogens is 290 g/mol. The van der Waals surface area contributed by atoms with E-state index in [0.717, 1.165) is 0 Å². The predicted octanol–water partition coefficient (Wildman–Crippen LogP) is 1.25. The highest BCUT2D eigenvalue weighted by Crippen LogP contribution is 2.41. The Balaban J connectivity index is 1.82. The Morgan fingerprint density at radius 3 is 2.60 bits per heavy atom. The van der Waals surface area contributed by atoms with E-state index >= 15 is 0 Å². The van der Waals surface area contributed by atoms with E-state index in [0.29, 0.717) is 6.42 Å². The number of rotatable bonds is 2. The lowest BCUT2D eigenvalue weighted by Crippen LogP contribution is -2.49. The SMILES string of the molecule is CC1CCS(=O)(=O)CCN1C(=O)NCC1CC(F)(F)C1. The Morgan fingerprint density at radius 2 is 2.00 bits per heavy atom. The van der Waals surface area contributed by atoms with Crippen molar-refractivity contribution in [2.45, 2.75) is 38.2 Å². The smallest absolute Gasteiger partial charge is 0.317 e. The van der Waals surface area contributed by atoms with Gasteiger partial charge < -0.3 is 10.2 Å². The van der Waals surface area contributed by atoms with E-state index < -0.39 is 15.8 Å². The van der Waals surface area contributed by atoms with Crippen molar-refractivity contribution in [3.63, 3.8) is 0 Å². The van der Waals surface area contributed by atoms with Crippen LogP contribution in [-0.4, -0.2) is 55.9 Å². The highest BCUT2D eigenvalue weighted by atomic mass is 32.2. The van der Waals surface area contributed by atoms with Gasteiger partial charge in [0, 0.05) is 32.0 Å². The maximum atomic E-state index is 12.7. The molecule has 0 radical (unpaired) electrons. The first-order valence-electron chi connectivity index (χ1n) is 6.81. The van der Waals surface area contributed by atoms with Crippen LogP contribution in [0.25, 0.3) is 0 Å². The molecular formula is C12H20F2N2O3S. The first-order chi connectivity index (χ1) is 9.19. The molecule has 1 aliphatic carbocycles. The van der Waals surface area contributed by atoms with Gasteiger partial charge in [-0.2, -0.15) is 0 Å². The molecule has 2 rings (SSSR count). The second-order valence-electron chi connectivity index (χ2n) is 5.80. The molecule has 20 heavy (non-hydrogen) atoms. The molecule has 1 aliphatic heterocycles. The summed E-state index contributed by atoms with van der Waals surface area (Å²) in [6, 6.07) is -0.514. The van der Waals surface area contributed by atoms with Crippen LogP contribution in [0.3, 0.4) is 0 Å². The normalized spacial score (nSPS) is 29.4. The lowest BCUT2D eigenvalue weighted by atomic mass is 9.81. The van der Waals surface area contributed by atoms with Crippen molar-refractivity contribution >= 4 is 15.9 Å². The van der Waals surface area contributed by atoms with Gasteiger partial charge in [0.25, 0.3) is 0 Å². The summed E-state index contributed by atoms with van der Waals surface area (Å²) in [5.41, 5.74) is 0. The first-order valence-corrected chi connectivity index (χ1v) is 8.63. The molecule has 1 N–H and O–H groups in total. The number of sulfone groups is 1. The van der Waals surface area contributed by atoms with Crippen LogP contribution in [0.5, 0.6) is 0 Å². The summed E-state index contributed by atoms with van der Waals surface area (Å²) in [6.07, 6.45) is 0.0473. The Bertz CT molecular complexity index is 473. The van der Waals surface area contributed by atoms with Gasteiger partial charge in [0.1, 0.15) is 0 Å². The molecule has 1 unspecified atom stereocenters. The zero-order valence-electron chi connectivity index (χ0n) is 11.4. The number of amides is 2. The number of nitrogens with one attached hydrogen (secondary N) is 1. The zero-order chi connectivity index (χ0) is 15.0. The zero-order valence-corrected chi connectivity index (χ0v) is 12.3. The molecule has 0 aromatic heterocycles. The van der Waals surface area contributed by atoms with Crippen molar-refractivity contribution in [1.29, 1.82) is 0 Å². The number of carbonyl (C=O) groups is 1. The minimum Gasteiger partial charge on any atom is -0.338 e. The van der Waals surface area contributed by atoms with Crippen LogP contribution in [-0.2, 0) is 9.84 Å². The lowest BCUT2D eigenvalue weighted by Gasteiger charge is -2.35. The molecule has 0 aromatic carbocycles. The summed E-state index contributed by atoms with van der Waals surface area (Å²) in [5.74, 6) is -2.71. The topological polar surface area (TPSA) is 66.5 Å². The van der Waals surface area contributed by atoms with Crippen molar-refractivity contribution in [3.8, 4) is 0 Å². The molecule has 0 bridgehead atoms. The molecule has 1 heterocycles. The van der Waals surface area contributed by atoms with E-state index in [1.165, 1.54) is 4.90 Å². The van der Waals surface area contributed by atoms with Crippen LogP contribution in [0.4, 0.5) is 13.6 Å². The highest BCUT2D eigenvalue weighted by Gasteiger charge is 2.45. The molecule has 8 heteroatoms. The predicted molar refractivity (Wildman–Crippen MR) is 70.5 cm³/mol. The summed E-state index contributed by atoms with van der Waals surface area (Å²) in [7, 11) is -3.08. The van der Waals surface area contributed by atoms with Crippen molar-refractivity contribution in [1.82, 2.24) is 10.2 Å². The largest absolute Gasteiger partial charge is 0.338 e. The highest BCUT2D eigenvalue weighted by molar-refractivity contribution is 7.91. The summed E-state index contributed by atoms with van der Waals surface area (Å²) < 4.78 is 48.4. The second kappa shape index (κ2) is 5.46. The fourth-order valence-electron chi connectivity index (χ4n) is 2.63. The van der Waals surface area contributed by atoms with E-state index in [1.54, 1.807) is 6.92 Å². The number of nitrogens with zero attached hydrogens (tertiary/aromatic N) is 1. The number of hydrogen-bond donors (Lipinski definition) is 1. The van der Waals surface area contributed by atoms with Gasteiger partial charge >= 0.3 is 6.03 Å². The maximum absolute atomic E-state index is 12.7. The number of urea groups is 1. The average Bonchev–Trinajstić information content (AvgIpc) is 2.43. The third kappa shape index (κ3) is 3.80. The number of halogens is 2. The van der Waals surface area contributed by atoms with E-state index in [1.807, 2.05) is 0 Å². The molecule has 0 spiro atoms. The third-order valence-electron chi connectivity index (χ3n) is 4.00. The maximum Gasteiger partial charge on any atom is 0.317 e. The summed E-state index contributed by atoms with van der Waals surface area (Å²) >= 11 is 0. The molecule has 2 aliphatic rings. The Hall–Kier alpha value is -0.920. The second-order valence-corrected chi connectivity index (χ2v) is 8.10. The van der Waals surface area contributed by atoms with E-state index in [-0.39, 0.29) is 55.4 Å². The molecule has 1 atom stereocenters. The molecule has 116 valence electrons. The van der Waals surface area contributed by atoms with Gasteiger partial charge in [-0.1, -0.05) is 0 Å². The van der Waals surface area contributed by atoms with Gasteiger partial charge in [-0.3, -0.25) is 0 Å². The van der Waals surface area contributed by atoms with Gasteiger partial charge in [-0.25, -0.2) is 22.0 Å². The van der Waals surface area contributed by atoms with Crippen molar-refractivity contribution < 1.29 is 22.0 Å². The van der Waals surface area contributed by atoms with Crippen LogP contribution in [0, 0.1) is 5.92 Å². The fraction of sp³-hybridized carbons (Fsp3) is 0.917. The van der Waals surface area contributed by atoms with Gasteiger partial charge in [-0.05, 0) is 19.3 Å². The summed E-state index contributed by atoms with van der Waals surface area (Å²) in [6.45, 7) is 2.19. The minimum atomic E-state index is -3.08. The van der Waals surface area contributed by atoms with Gasteiger partial charge in [0.15, 0.2) is 9.84 Å². The summed E-state index contributed by atoms with van der Waals surface area (Å²) in [4.78, 5) is 13.5. The number of hydrogen-bond acceptors (Lipinski definition) is 3. The molecule has 5 nitrogen and oxygen atoms in total. The van der Waals surface area contributed by atoms with E-state index in [9.17, 15) is 22.0 Å². The lowest BCUT2D eigenvalue weighted by molar-refractivity contribution is -0.108. The monoisotopic (exact) mass is 310 g/mol. The molecule has 2 amide bonds. The first kappa shape index (κ1) is 15.5. The quantitative estimate of drug-likeness (QED) is 0.835. The van der Waals surface area contributed by atoms with Crippen LogP contribution in [0.15, 0.2) is 0 Å².